The number of thiazole rings is 1. The van der Waals surface area contributed by atoms with Crippen LogP contribution in [-0.2, 0) is 0 Å². The van der Waals surface area contributed by atoms with Gasteiger partial charge in [-0.2, -0.15) is 4.79 Å². The zero-order chi connectivity index (χ0) is 20.5. The maximum atomic E-state index is 12.7. The number of ketones is 1. The number of nitrogens with zero attached hydrogens (tertiary/aromatic N) is 4. The first-order valence-electron chi connectivity index (χ1n) is 9.22. The fraction of sp³-hybridized carbons (Fsp3) is 0.474. The van der Waals surface area contributed by atoms with E-state index in [0.717, 1.165) is 11.6 Å². The second kappa shape index (κ2) is 7.48. The van der Waals surface area contributed by atoms with Crippen molar-refractivity contribution in [1.29, 1.82) is 0 Å². The molecule has 1 aliphatic rings. The van der Waals surface area contributed by atoms with Gasteiger partial charge in [-0.3, -0.25) is 4.79 Å². The monoisotopic (exact) mass is 404 g/mol. The largest absolute Gasteiger partial charge is 0.514 e. The van der Waals surface area contributed by atoms with E-state index in [9.17, 15) is 14.7 Å². The van der Waals surface area contributed by atoms with Gasteiger partial charge in [0.1, 0.15) is 17.9 Å². The molecule has 9 heteroatoms. The smallest absolute Gasteiger partial charge is 0.435 e. The first-order valence-corrected chi connectivity index (χ1v) is 10.0. The van der Waals surface area contributed by atoms with Crippen LogP contribution in [0, 0.1) is 0 Å². The molecule has 8 nitrogen and oxygen atoms in total. The van der Waals surface area contributed by atoms with Crippen LogP contribution in [0.3, 0.4) is 0 Å². The fourth-order valence-electron chi connectivity index (χ4n) is 3.65. The Morgan fingerprint density at radius 2 is 2.00 bits per heavy atom. The second-order valence-electron chi connectivity index (χ2n) is 7.98. The number of pyridine rings is 1. The molecular formula is C19H26N5O3S+. The summed E-state index contributed by atoms with van der Waals surface area (Å²) >= 11 is 1.30. The first kappa shape index (κ1) is 20.2. The Bertz CT molecular complexity index is 892. The number of hydrogen-bond acceptors (Lipinski definition) is 7. The Morgan fingerprint density at radius 3 is 2.64 bits per heavy atom. The van der Waals surface area contributed by atoms with E-state index in [1.54, 1.807) is 24.5 Å². The number of carbonyl (C=O) groups is 2. The molecule has 3 heterocycles. The van der Waals surface area contributed by atoms with Gasteiger partial charge in [-0.05, 0) is 32.9 Å². The van der Waals surface area contributed by atoms with Gasteiger partial charge in [0.2, 0.25) is 5.78 Å². The highest BCUT2D eigenvalue weighted by Gasteiger charge is 2.48. The van der Waals surface area contributed by atoms with Crippen LogP contribution in [0.4, 0.5) is 15.7 Å². The van der Waals surface area contributed by atoms with Crippen LogP contribution in [0.1, 0.15) is 42.4 Å². The predicted molar refractivity (Wildman–Crippen MR) is 109 cm³/mol. The lowest BCUT2D eigenvalue weighted by molar-refractivity contribution is -0.901. The molecule has 0 saturated carbocycles. The Labute approximate surface area is 168 Å². The van der Waals surface area contributed by atoms with E-state index in [-0.39, 0.29) is 16.1 Å². The molecule has 150 valence electrons. The summed E-state index contributed by atoms with van der Waals surface area (Å²) in [6.45, 7) is 8.23. The van der Waals surface area contributed by atoms with E-state index in [1.165, 1.54) is 11.3 Å². The fourth-order valence-corrected chi connectivity index (χ4v) is 4.57. The third kappa shape index (κ3) is 3.59. The molecule has 0 aromatic carbocycles. The second-order valence-corrected chi connectivity index (χ2v) is 8.99. The van der Waals surface area contributed by atoms with Crippen LogP contribution in [0.25, 0.3) is 0 Å². The van der Waals surface area contributed by atoms with Gasteiger partial charge >= 0.3 is 6.09 Å². The van der Waals surface area contributed by atoms with Crippen molar-refractivity contribution < 1.29 is 19.2 Å². The minimum atomic E-state index is -0.795. The van der Waals surface area contributed by atoms with Crippen molar-refractivity contribution in [3.63, 3.8) is 0 Å². The zero-order valence-corrected chi connectivity index (χ0v) is 17.2. The van der Waals surface area contributed by atoms with E-state index in [1.807, 2.05) is 20.8 Å². The van der Waals surface area contributed by atoms with Gasteiger partial charge in [-0.1, -0.05) is 11.3 Å². The minimum Gasteiger partial charge on any atom is -0.435 e. The summed E-state index contributed by atoms with van der Waals surface area (Å²) in [4.78, 5) is 35.7. The van der Waals surface area contributed by atoms with Crippen LogP contribution in [0.5, 0.6) is 0 Å². The Morgan fingerprint density at radius 1 is 1.25 bits per heavy atom. The summed E-state index contributed by atoms with van der Waals surface area (Å²) in [5.74, 6) is 0.000434. The molecule has 3 rings (SSSR count). The molecular weight excluding hydrogens is 378 g/mol. The molecule has 1 atom stereocenters. The molecule has 3 N–H and O–H groups in total. The molecule has 0 aliphatic carbocycles. The molecule has 1 saturated heterocycles. The van der Waals surface area contributed by atoms with Crippen LogP contribution in [0.15, 0.2) is 24.5 Å². The average molecular weight is 405 g/mol. The van der Waals surface area contributed by atoms with Crippen molar-refractivity contribution >= 4 is 34.2 Å². The standard InChI is InChI=1S/C19H25N5O3S/c1-19(2,3)24(18(26)27)10-5-8-23(9-11-24)17-22-12-14(28-17)15(25)13-6-4-7-21-16(13)20/h4,6-7,12H,5,8-11H2,1-3H3,(H2-,20,21,25,26,27)/p+1. The minimum absolute atomic E-state index is 0.0207. The quantitative estimate of drug-likeness (QED) is 0.598. The number of carboxylic acid groups (broad SMARTS) is 1. The number of carbonyl (C=O) groups excluding carboxylic acids is 1. The highest BCUT2D eigenvalue weighted by atomic mass is 32.1. The van der Waals surface area contributed by atoms with Crippen LogP contribution in [-0.4, -0.2) is 63.2 Å². The van der Waals surface area contributed by atoms with Crippen LogP contribution in [0.2, 0.25) is 0 Å². The van der Waals surface area contributed by atoms with Crippen molar-refractivity contribution in [2.45, 2.75) is 32.7 Å². The number of amides is 1. The summed E-state index contributed by atoms with van der Waals surface area (Å²) in [6.07, 6.45) is 3.05. The summed E-state index contributed by atoms with van der Waals surface area (Å²) in [5.41, 5.74) is 5.78. The Hall–Kier alpha value is -2.52. The maximum absolute atomic E-state index is 12.7. The average Bonchev–Trinajstić information content (AvgIpc) is 2.99. The molecule has 1 fully saturated rings. The number of anilines is 2. The van der Waals surface area contributed by atoms with Crippen molar-refractivity contribution in [2.75, 3.05) is 36.8 Å². The topological polar surface area (TPSA) is 109 Å². The highest BCUT2D eigenvalue weighted by molar-refractivity contribution is 7.17. The first-order chi connectivity index (χ1) is 13.2. The highest BCUT2D eigenvalue weighted by Crippen LogP contribution is 2.31. The lowest BCUT2D eigenvalue weighted by Crippen LogP contribution is -2.64. The van der Waals surface area contributed by atoms with Gasteiger partial charge in [0.25, 0.3) is 0 Å². The number of nitrogen functional groups attached to an aromatic ring is 1. The third-order valence-corrected chi connectivity index (χ3v) is 6.50. The number of nitrogens with two attached hydrogens (primary N) is 1. The van der Waals surface area contributed by atoms with Gasteiger partial charge in [-0.25, -0.2) is 14.5 Å². The Balaban J connectivity index is 1.80. The third-order valence-electron chi connectivity index (χ3n) is 5.44. The van der Waals surface area contributed by atoms with Gasteiger partial charge in [0.05, 0.1) is 29.7 Å². The zero-order valence-electron chi connectivity index (χ0n) is 16.4. The summed E-state index contributed by atoms with van der Waals surface area (Å²) in [6, 6.07) is 3.33. The molecule has 2 aromatic heterocycles. The van der Waals surface area contributed by atoms with Crippen molar-refractivity contribution in [2.24, 2.45) is 0 Å². The van der Waals surface area contributed by atoms with E-state index in [2.05, 4.69) is 14.9 Å². The summed E-state index contributed by atoms with van der Waals surface area (Å²) in [5, 5.41) is 10.6. The van der Waals surface area contributed by atoms with Gasteiger partial charge < -0.3 is 15.7 Å². The molecule has 28 heavy (non-hydrogen) atoms. The molecule has 0 spiro atoms. The van der Waals surface area contributed by atoms with E-state index >= 15 is 0 Å². The van der Waals surface area contributed by atoms with E-state index in [0.29, 0.717) is 36.6 Å². The molecule has 1 unspecified atom stereocenters. The SMILES string of the molecule is CC(C)(C)[N+]1(C(=O)O)CCCN(c2ncc(C(=O)c3cccnc3N)s2)CC1. The predicted octanol–water partition coefficient (Wildman–Crippen LogP) is 2.85. The van der Waals surface area contributed by atoms with Crippen molar-refractivity contribution in [3.8, 4) is 0 Å². The van der Waals surface area contributed by atoms with Gasteiger partial charge in [0, 0.05) is 19.2 Å². The molecule has 1 amide bonds. The van der Waals surface area contributed by atoms with E-state index < -0.39 is 11.6 Å². The summed E-state index contributed by atoms with van der Waals surface area (Å²) in [7, 11) is 0. The summed E-state index contributed by atoms with van der Waals surface area (Å²) < 4.78 is 0.0207. The van der Waals surface area contributed by atoms with Crippen molar-refractivity contribution in [1.82, 2.24) is 9.97 Å². The van der Waals surface area contributed by atoms with Crippen molar-refractivity contribution in [3.05, 3.63) is 35.0 Å². The number of hydrogen-bond donors (Lipinski definition) is 2. The molecule has 1 aliphatic heterocycles. The molecule has 0 bridgehead atoms. The van der Waals surface area contributed by atoms with Gasteiger partial charge in [0.15, 0.2) is 5.13 Å². The Kier molecular flexibility index (Phi) is 5.40. The normalized spacial score (nSPS) is 20.6. The van der Waals surface area contributed by atoms with Crippen LogP contribution < -0.4 is 10.6 Å². The number of aromatic nitrogens is 2. The number of rotatable bonds is 3. The lowest BCUT2D eigenvalue weighted by Gasteiger charge is -2.42. The molecule has 2 aromatic rings. The lowest BCUT2D eigenvalue weighted by atomic mass is 10.0. The van der Waals surface area contributed by atoms with Gasteiger partial charge in [-0.15, -0.1) is 0 Å². The van der Waals surface area contributed by atoms with E-state index in [4.69, 9.17) is 5.73 Å². The van der Waals surface area contributed by atoms with Crippen LogP contribution >= 0.6 is 11.3 Å². The maximum Gasteiger partial charge on any atom is 0.514 e. The molecule has 0 radical (unpaired) electrons. The number of quaternary nitrogens is 1.